The van der Waals surface area contributed by atoms with Crippen molar-refractivity contribution in [3.63, 3.8) is 0 Å². The Labute approximate surface area is 139 Å². The molecule has 0 aliphatic rings. The van der Waals surface area contributed by atoms with Crippen LogP contribution in [0.5, 0.6) is 17.2 Å². The van der Waals surface area contributed by atoms with E-state index in [9.17, 15) is 5.11 Å². The predicted molar refractivity (Wildman–Crippen MR) is 92.1 cm³/mol. The molecule has 0 unspecified atom stereocenters. The van der Waals surface area contributed by atoms with Gasteiger partial charge in [-0.3, -0.25) is 0 Å². The van der Waals surface area contributed by atoms with Crippen LogP contribution in [0.25, 0.3) is 23.4 Å². The van der Waals surface area contributed by atoms with E-state index < -0.39 is 0 Å². The smallest absolute Gasteiger partial charge is 0.200 e. The predicted octanol–water partition coefficient (Wildman–Crippen LogP) is 4.23. The van der Waals surface area contributed by atoms with Crippen molar-refractivity contribution in [3.8, 4) is 28.5 Å². The van der Waals surface area contributed by atoms with Crippen LogP contribution in [-0.2, 0) is 0 Å². The van der Waals surface area contributed by atoms with Gasteiger partial charge < -0.3 is 19.1 Å². The summed E-state index contributed by atoms with van der Waals surface area (Å²) in [7, 11) is 2.98. The zero-order valence-corrected chi connectivity index (χ0v) is 13.4. The Balaban J connectivity index is 1.85. The lowest BCUT2D eigenvalue weighted by molar-refractivity contribution is 0.340. The van der Waals surface area contributed by atoms with Crippen molar-refractivity contribution in [2.75, 3.05) is 14.2 Å². The van der Waals surface area contributed by atoms with Crippen LogP contribution in [0, 0.1) is 0 Å². The molecular weight excluding hydrogens is 306 g/mol. The largest absolute Gasteiger partial charge is 0.502 e. The maximum absolute atomic E-state index is 9.93. The van der Waals surface area contributed by atoms with Gasteiger partial charge in [0.05, 0.1) is 14.2 Å². The highest BCUT2D eigenvalue weighted by atomic mass is 16.5. The molecule has 1 aromatic heterocycles. The Hall–Kier alpha value is -3.21. The monoisotopic (exact) mass is 323 g/mol. The van der Waals surface area contributed by atoms with Crippen LogP contribution in [-0.4, -0.2) is 24.5 Å². The third kappa shape index (κ3) is 3.25. The number of methoxy groups -OCH3 is 2. The van der Waals surface area contributed by atoms with Crippen molar-refractivity contribution in [2.24, 2.45) is 0 Å². The first-order valence-corrected chi connectivity index (χ1v) is 7.36. The molecule has 0 amide bonds. The molecule has 0 saturated carbocycles. The summed E-state index contributed by atoms with van der Waals surface area (Å²) in [6, 6.07) is 15.1. The van der Waals surface area contributed by atoms with Gasteiger partial charge in [-0.25, -0.2) is 0 Å². The molecule has 5 nitrogen and oxygen atoms in total. The molecule has 0 fully saturated rings. The summed E-state index contributed by atoms with van der Waals surface area (Å²) in [6.45, 7) is 0. The number of aromatic nitrogens is 1. The molecule has 0 atom stereocenters. The number of hydrogen-bond donors (Lipinski definition) is 1. The average molecular weight is 323 g/mol. The number of aromatic hydroxyl groups is 1. The Morgan fingerprint density at radius 1 is 0.958 bits per heavy atom. The number of phenolic OH excluding ortho intramolecular Hbond substituents is 1. The van der Waals surface area contributed by atoms with Gasteiger partial charge in [-0.2, -0.15) is 0 Å². The molecule has 0 bridgehead atoms. The van der Waals surface area contributed by atoms with E-state index in [1.54, 1.807) is 18.2 Å². The van der Waals surface area contributed by atoms with Crippen LogP contribution < -0.4 is 9.47 Å². The average Bonchev–Trinajstić information content (AvgIpc) is 3.10. The first kappa shape index (κ1) is 15.7. The molecule has 2 aromatic carbocycles. The van der Waals surface area contributed by atoms with Crippen LogP contribution in [0.15, 0.2) is 53.1 Å². The first-order chi connectivity index (χ1) is 11.7. The van der Waals surface area contributed by atoms with Crippen molar-refractivity contribution >= 4 is 12.2 Å². The topological polar surface area (TPSA) is 64.7 Å². The fourth-order valence-electron chi connectivity index (χ4n) is 2.30. The Kier molecular flexibility index (Phi) is 4.52. The first-order valence-electron chi connectivity index (χ1n) is 7.36. The zero-order chi connectivity index (χ0) is 16.9. The molecule has 5 heteroatoms. The van der Waals surface area contributed by atoms with E-state index in [1.165, 1.54) is 14.2 Å². The lowest BCUT2D eigenvalue weighted by Gasteiger charge is -2.09. The third-order valence-corrected chi connectivity index (χ3v) is 3.54. The van der Waals surface area contributed by atoms with Gasteiger partial charge >= 0.3 is 0 Å². The van der Waals surface area contributed by atoms with Gasteiger partial charge in [0, 0.05) is 11.6 Å². The number of phenols is 1. The van der Waals surface area contributed by atoms with E-state index >= 15 is 0 Å². The number of nitrogens with zero attached hydrogens (tertiary/aromatic N) is 1. The lowest BCUT2D eigenvalue weighted by atomic mass is 10.1. The Bertz CT molecular complexity index is 828. The molecule has 0 radical (unpaired) electrons. The highest BCUT2D eigenvalue weighted by Gasteiger charge is 2.10. The summed E-state index contributed by atoms with van der Waals surface area (Å²) in [5.74, 6) is 1.29. The number of hydrogen-bond acceptors (Lipinski definition) is 5. The summed E-state index contributed by atoms with van der Waals surface area (Å²) >= 11 is 0. The maximum atomic E-state index is 9.93. The van der Waals surface area contributed by atoms with Crippen molar-refractivity contribution < 1.29 is 19.1 Å². The molecule has 0 saturated heterocycles. The molecule has 3 aromatic rings. The number of rotatable bonds is 5. The van der Waals surface area contributed by atoms with Gasteiger partial charge in [0.25, 0.3) is 0 Å². The van der Waals surface area contributed by atoms with Gasteiger partial charge in [0.15, 0.2) is 17.3 Å². The molecular formula is C19H17NO4. The van der Waals surface area contributed by atoms with Gasteiger partial charge in [-0.05, 0) is 23.8 Å². The quantitative estimate of drug-likeness (QED) is 0.761. The fourth-order valence-corrected chi connectivity index (χ4v) is 2.30. The summed E-state index contributed by atoms with van der Waals surface area (Å²) in [4.78, 5) is 0. The van der Waals surface area contributed by atoms with E-state index in [0.29, 0.717) is 17.3 Å². The second-order valence-electron chi connectivity index (χ2n) is 5.09. The van der Waals surface area contributed by atoms with Gasteiger partial charge in [-0.1, -0.05) is 41.6 Å². The summed E-state index contributed by atoms with van der Waals surface area (Å²) in [5, 5.41) is 14.0. The molecule has 24 heavy (non-hydrogen) atoms. The van der Waals surface area contributed by atoms with E-state index in [1.807, 2.05) is 42.5 Å². The van der Waals surface area contributed by atoms with Crippen LogP contribution in [0.2, 0.25) is 0 Å². The molecule has 122 valence electrons. The molecule has 3 rings (SSSR count). The highest BCUT2D eigenvalue weighted by molar-refractivity contribution is 5.72. The molecule has 1 N–H and O–H groups in total. The highest BCUT2D eigenvalue weighted by Crippen LogP contribution is 2.37. The lowest BCUT2D eigenvalue weighted by Crippen LogP contribution is -1.90. The van der Waals surface area contributed by atoms with Crippen LogP contribution in [0.1, 0.15) is 11.3 Å². The molecule has 0 aliphatic carbocycles. The molecule has 0 aliphatic heterocycles. The van der Waals surface area contributed by atoms with E-state index in [2.05, 4.69) is 5.16 Å². The van der Waals surface area contributed by atoms with Crippen LogP contribution >= 0.6 is 0 Å². The maximum Gasteiger partial charge on any atom is 0.200 e. The van der Waals surface area contributed by atoms with E-state index in [4.69, 9.17) is 14.0 Å². The normalized spacial score (nSPS) is 10.9. The van der Waals surface area contributed by atoms with Gasteiger partial charge in [-0.15, -0.1) is 0 Å². The summed E-state index contributed by atoms with van der Waals surface area (Å²) in [5.41, 5.74) is 2.57. The van der Waals surface area contributed by atoms with Crippen molar-refractivity contribution in [3.05, 3.63) is 59.9 Å². The third-order valence-electron chi connectivity index (χ3n) is 3.54. The van der Waals surface area contributed by atoms with Crippen LogP contribution in [0.3, 0.4) is 0 Å². The Morgan fingerprint density at radius 3 is 2.25 bits per heavy atom. The van der Waals surface area contributed by atoms with E-state index in [0.717, 1.165) is 16.8 Å². The summed E-state index contributed by atoms with van der Waals surface area (Å²) < 4.78 is 15.6. The van der Waals surface area contributed by atoms with Crippen molar-refractivity contribution in [1.82, 2.24) is 5.16 Å². The fraction of sp³-hybridized carbons (Fsp3) is 0.105. The standard InChI is InChI=1S/C19H17NO4/c1-22-17-10-13(11-18(23-2)19(17)21)8-9-15-12-16(20-24-15)14-6-4-3-5-7-14/h3-12,21H,1-2H3. The number of ether oxygens (including phenoxy) is 2. The minimum atomic E-state index is -0.0248. The van der Waals surface area contributed by atoms with Gasteiger partial charge in [0.1, 0.15) is 5.69 Å². The Morgan fingerprint density at radius 2 is 1.62 bits per heavy atom. The summed E-state index contributed by atoms with van der Waals surface area (Å²) in [6.07, 6.45) is 3.63. The minimum Gasteiger partial charge on any atom is -0.502 e. The number of benzene rings is 2. The van der Waals surface area contributed by atoms with Crippen molar-refractivity contribution in [1.29, 1.82) is 0 Å². The van der Waals surface area contributed by atoms with Gasteiger partial charge in [0.2, 0.25) is 5.75 Å². The van der Waals surface area contributed by atoms with Crippen LogP contribution in [0.4, 0.5) is 0 Å². The second kappa shape index (κ2) is 6.91. The zero-order valence-electron chi connectivity index (χ0n) is 13.4. The molecule has 1 heterocycles. The van der Waals surface area contributed by atoms with Crippen molar-refractivity contribution in [2.45, 2.75) is 0 Å². The molecule has 0 spiro atoms. The minimum absolute atomic E-state index is 0.0248. The SMILES string of the molecule is COc1cc(C=Cc2cc(-c3ccccc3)no2)cc(OC)c1O. The second-order valence-corrected chi connectivity index (χ2v) is 5.09. The van der Waals surface area contributed by atoms with E-state index in [-0.39, 0.29) is 5.75 Å².